The second-order valence-electron chi connectivity index (χ2n) is 4.67. The summed E-state index contributed by atoms with van der Waals surface area (Å²) in [4.78, 5) is 22.5. The number of amides is 1. The largest absolute Gasteiger partial charge is 0.364 e. The van der Waals surface area contributed by atoms with Crippen LogP contribution >= 0.6 is 0 Å². The summed E-state index contributed by atoms with van der Waals surface area (Å²) in [6.45, 7) is 0.534. The Bertz CT molecular complexity index is 667. The van der Waals surface area contributed by atoms with E-state index in [1.54, 1.807) is 0 Å². The van der Waals surface area contributed by atoms with Crippen LogP contribution < -0.4 is 5.32 Å². The normalized spacial score (nSPS) is 10.8. The highest BCUT2D eigenvalue weighted by molar-refractivity contribution is 5.77. The number of imidazole rings is 1. The van der Waals surface area contributed by atoms with Crippen molar-refractivity contribution in [1.82, 2.24) is 20.3 Å². The molecule has 2 heterocycles. The maximum absolute atomic E-state index is 11.8. The lowest BCUT2D eigenvalue weighted by molar-refractivity contribution is -0.121. The lowest BCUT2D eigenvalue weighted by atomic mass is 10.3. The van der Waals surface area contributed by atoms with E-state index >= 15 is 0 Å². The van der Waals surface area contributed by atoms with Gasteiger partial charge in [-0.25, -0.2) is 4.98 Å². The summed E-state index contributed by atoms with van der Waals surface area (Å²) in [5.74, 6) is 0.876. The summed E-state index contributed by atoms with van der Waals surface area (Å²) in [7, 11) is 0. The van der Waals surface area contributed by atoms with Crippen LogP contribution in [-0.2, 0) is 17.8 Å². The maximum Gasteiger partial charge on any atom is 0.220 e. The number of nitrogens with zero attached hydrogens (tertiary/aromatic N) is 1. The summed E-state index contributed by atoms with van der Waals surface area (Å²) < 4.78 is 0. The van der Waals surface area contributed by atoms with Gasteiger partial charge in [0.2, 0.25) is 5.91 Å². The van der Waals surface area contributed by atoms with E-state index in [1.165, 1.54) is 0 Å². The van der Waals surface area contributed by atoms with Crippen molar-refractivity contribution >= 4 is 16.9 Å². The molecule has 5 heteroatoms. The van der Waals surface area contributed by atoms with Crippen molar-refractivity contribution in [1.29, 1.82) is 0 Å². The standard InChI is InChI=1S/C15H16N4O/c20-15(17-10-11-4-3-9-16-11)8-7-14-18-12-5-1-2-6-13(12)19-14/h1-6,9,16H,7-8,10H2,(H,17,20)(H,18,19). The second-order valence-corrected chi connectivity index (χ2v) is 4.67. The number of H-pyrrole nitrogens is 2. The van der Waals surface area contributed by atoms with E-state index < -0.39 is 0 Å². The SMILES string of the molecule is O=C(CCc1nc2ccccc2[nH]1)NCc1ccc[nH]1. The van der Waals surface area contributed by atoms with Gasteiger partial charge in [0, 0.05) is 24.7 Å². The molecular formula is C15H16N4O. The number of hydrogen-bond acceptors (Lipinski definition) is 2. The second kappa shape index (κ2) is 5.61. The van der Waals surface area contributed by atoms with Gasteiger partial charge in [-0.2, -0.15) is 0 Å². The average molecular weight is 268 g/mol. The van der Waals surface area contributed by atoms with Gasteiger partial charge in [-0.1, -0.05) is 12.1 Å². The van der Waals surface area contributed by atoms with Crippen molar-refractivity contribution in [2.75, 3.05) is 0 Å². The number of para-hydroxylation sites is 2. The summed E-state index contributed by atoms with van der Waals surface area (Å²) in [5, 5.41) is 2.88. The number of fused-ring (bicyclic) bond motifs is 1. The topological polar surface area (TPSA) is 73.6 Å². The third-order valence-corrected chi connectivity index (χ3v) is 3.17. The first-order chi connectivity index (χ1) is 9.81. The van der Waals surface area contributed by atoms with Gasteiger partial charge in [0.15, 0.2) is 0 Å². The number of nitrogens with one attached hydrogen (secondary N) is 3. The lowest BCUT2D eigenvalue weighted by Crippen LogP contribution is -2.23. The van der Waals surface area contributed by atoms with Crippen LogP contribution in [0.25, 0.3) is 11.0 Å². The molecule has 102 valence electrons. The molecule has 0 unspecified atom stereocenters. The number of aryl methyl sites for hydroxylation is 1. The Morgan fingerprint density at radius 1 is 1.20 bits per heavy atom. The molecule has 2 aromatic heterocycles. The molecule has 0 radical (unpaired) electrons. The van der Waals surface area contributed by atoms with E-state index in [9.17, 15) is 4.79 Å². The van der Waals surface area contributed by atoms with Crippen molar-refractivity contribution in [3.8, 4) is 0 Å². The molecule has 3 N–H and O–H groups in total. The fourth-order valence-electron chi connectivity index (χ4n) is 2.12. The van der Waals surface area contributed by atoms with Crippen LogP contribution in [0.15, 0.2) is 42.6 Å². The smallest absolute Gasteiger partial charge is 0.220 e. The lowest BCUT2D eigenvalue weighted by Gasteiger charge is -2.02. The zero-order chi connectivity index (χ0) is 13.8. The quantitative estimate of drug-likeness (QED) is 0.663. The fourth-order valence-corrected chi connectivity index (χ4v) is 2.12. The molecule has 1 aromatic carbocycles. The molecule has 0 saturated heterocycles. The Balaban J connectivity index is 1.52. The first-order valence-electron chi connectivity index (χ1n) is 6.64. The number of aromatic amines is 2. The van der Waals surface area contributed by atoms with Crippen LogP contribution in [0.2, 0.25) is 0 Å². The van der Waals surface area contributed by atoms with Crippen molar-refractivity contribution < 1.29 is 4.79 Å². The number of hydrogen-bond donors (Lipinski definition) is 3. The van der Waals surface area contributed by atoms with Gasteiger partial charge in [0.25, 0.3) is 0 Å². The molecule has 0 atom stereocenters. The predicted octanol–water partition coefficient (Wildman–Crippen LogP) is 2.14. The molecule has 0 fully saturated rings. The number of carbonyl (C=O) groups excluding carboxylic acids is 1. The molecule has 0 bridgehead atoms. The maximum atomic E-state index is 11.8. The summed E-state index contributed by atoms with van der Waals surface area (Å²) in [6.07, 6.45) is 2.89. The van der Waals surface area contributed by atoms with E-state index in [0.29, 0.717) is 19.4 Å². The Kier molecular flexibility index (Phi) is 3.50. The van der Waals surface area contributed by atoms with E-state index in [-0.39, 0.29) is 5.91 Å². The molecule has 0 saturated carbocycles. The van der Waals surface area contributed by atoms with Gasteiger partial charge in [0.05, 0.1) is 17.6 Å². The minimum absolute atomic E-state index is 0.0278. The van der Waals surface area contributed by atoms with Gasteiger partial charge < -0.3 is 15.3 Å². The summed E-state index contributed by atoms with van der Waals surface area (Å²) in [6, 6.07) is 11.7. The molecule has 3 rings (SSSR count). The van der Waals surface area contributed by atoms with Crippen molar-refractivity contribution in [3.63, 3.8) is 0 Å². The van der Waals surface area contributed by atoms with Crippen LogP contribution in [0.3, 0.4) is 0 Å². The molecule has 0 aliphatic heterocycles. The van der Waals surface area contributed by atoms with Crippen LogP contribution in [0, 0.1) is 0 Å². The van der Waals surface area contributed by atoms with Crippen molar-refractivity contribution in [2.24, 2.45) is 0 Å². The molecule has 3 aromatic rings. The number of carbonyl (C=O) groups is 1. The van der Waals surface area contributed by atoms with E-state index in [4.69, 9.17) is 0 Å². The van der Waals surface area contributed by atoms with Gasteiger partial charge in [-0.15, -0.1) is 0 Å². The number of rotatable bonds is 5. The zero-order valence-electron chi connectivity index (χ0n) is 11.0. The number of benzene rings is 1. The van der Waals surface area contributed by atoms with Gasteiger partial charge in [-0.3, -0.25) is 4.79 Å². The van der Waals surface area contributed by atoms with E-state index in [0.717, 1.165) is 22.6 Å². The summed E-state index contributed by atoms with van der Waals surface area (Å²) in [5.41, 5.74) is 2.95. The minimum atomic E-state index is 0.0278. The molecule has 1 amide bonds. The monoisotopic (exact) mass is 268 g/mol. The molecule has 5 nitrogen and oxygen atoms in total. The molecule has 0 aliphatic rings. The Morgan fingerprint density at radius 3 is 2.90 bits per heavy atom. The minimum Gasteiger partial charge on any atom is -0.364 e. The zero-order valence-corrected chi connectivity index (χ0v) is 11.0. The highest BCUT2D eigenvalue weighted by atomic mass is 16.1. The Morgan fingerprint density at radius 2 is 2.10 bits per heavy atom. The average Bonchev–Trinajstić information content (AvgIpc) is 3.11. The number of aromatic nitrogens is 3. The third kappa shape index (κ3) is 2.88. The van der Waals surface area contributed by atoms with Gasteiger partial charge >= 0.3 is 0 Å². The van der Waals surface area contributed by atoms with Crippen LogP contribution in [0.4, 0.5) is 0 Å². The molecule has 20 heavy (non-hydrogen) atoms. The Labute approximate surface area is 116 Å². The van der Waals surface area contributed by atoms with E-state index in [2.05, 4.69) is 20.3 Å². The fraction of sp³-hybridized carbons (Fsp3) is 0.200. The summed E-state index contributed by atoms with van der Waals surface area (Å²) >= 11 is 0. The van der Waals surface area contributed by atoms with Gasteiger partial charge in [-0.05, 0) is 24.3 Å². The third-order valence-electron chi connectivity index (χ3n) is 3.17. The van der Waals surface area contributed by atoms with Crippen LogP contribution in [-0.4, -0.2) is 20.9 Å². The first-order valence-corrected chi connectivity index (χ1v) is 6.64. The molecule has 0 spiro atoms. The highest BCUT2D eigenvalue weighted by Crippen LogP contribution is 2.11. The predicted molar refractivity (Wildman–Crippen MR) is 77.1 cm³/mol. The van der Waals surface area contributed by atoms with Crippen molar-refractivity contribution in [3.05, 3.63) is 54.1 Å². The van der Waals surface area contributed by atoms with Crippen molar-refractivity contribution in [2.45, 2.75) is 19.4 Å². The van der Waals surface area contributed by atoms with E-state index in [1.807, 2.05) is 42.6 Å². The molecule has 0 aliphatic carbocycles. The van der Waals surface area contributed by atoms with Crippen LogP contribution in [0.5, 0.6) is 0 Å². The highest BCUT2D eigenvalue weighted by Gasteiger charge is 2.06. The first kappa shape index (κ1) is 12.5. The molecular weight excluding hydrogens is 252 g/mol. The van der Waals surface area contributed by atoms with Gasteiger partial charge in [0.1, 0.15) is 5.82 Å². The Hall–Kier alpha value is -2.56. The van der Waals surface area contributed by atoms with Crippen LogP contribution in [0.1, 0.15) is 17.9 Å².